The predicted octanol–water partition coefficient (Wildman–Crippen LogP) is 2.51. The SMILES string of the molecule is NC(CO)c1c(F)c(F)c(Br)c(F)c1Cl. The molecule has 15 heavy (non-hydrogen) atoms. The van der Waals surface area contributed by atoms with Gasteiger partial charge in [-0.2, -0.15) is 0 Å². The fourth-order valence-electron chi connectivity index (χ4n) is 1.04. The lowest BCUT2D eigenvalue weighted by atomic mass is 10.1. The van der Waals surface area contributed by atoms with Gasteiger partial charge in [0, 0.05) is 5.56 Å². The van der Waals surface area contributed by atoms with Crippen molar-refractivity contribution in [1.82, 2.24) is 0 Å². The Morgan fingerprint density at radius 3 is 2.27 bits per heavy atom. The third kappa shape index (κ3) is 2.13. The minimum absolute atomic E-state index is 0.572. The summed E-state index contributed by atoms with van der Waals surface area (Å²) in [5.74, 6) is -3.93. The number of halogens is 5. The van der Waals surface area contributed by atoms with Crippen molar-refractivity contribution < 1.29 is 18.3 Å². The van der Waals surface area contributed by atoms with Crippen LogP contribution >= 0.6 is 27.5 Å². The molecule has 0 heterocycles. The summed E-state index contributed by atoms with van der Waals surface area (Å²) < 4.78 is 38.9. The molecule has 0 aliphatic heterocycles. The minimum Gasteiger partial charge on any atom is -0.394 e. The van der Waals surface area contributed by atoms with Gasteiger partial charge in [0.15, 0.2) is 17.5 Å². The predicted molar refractivity (Wildman–Crippen MR) is 53.0 cm³/mol. The molecule has 1 atom stereocenters. The first-order chi connectivity index (χ1) is 6.91. The number of rotatable bonds is 2. The van der Waals surface area contributed by atoms with Gasteiger partial charge in [-0.3, -0.25) is 0 Å². The van der Waals surface area contributed by atoms with Crippen molar-refractivity contribution in [1.29, 1.82) is 0 Å². The molecule has 0 amide bonds. The third-order valence-electron chi connectivity index (χ3n) is 1.81. The number of benzene rings is 1. The van der Waals surface area contributed by atoms with Gasteiger partial charge in [0.1, 0.15) is 0 Å². The van der Waals surface area contributed by atoms with Crippen LogP contribution in [-0.4, -0.2) is 11.7 Å². The van der Waals surface area contributed by atoms with Crippen molar-refractivity contribution >= 4 is 27.5 Å². The molecule has 1 rings (SSSR count). The molecule has 1 unspecified atom stereocenters. The van der Waals surface area contributed by atoms with Gasteiger partial charge in [-0.25, -0.2) is 13.2 Å². The van der Waals surface area contributed by atoms with Crippen molar-refractivity contribution in [3.63, 3.8) is 0 Å². The molecule has 0 bridgehead atoms. The van der Waals surface area contributed by atoms with Crippen molar-refractivity contribution in [2.45, 2.75) is 6.04 Å². The smallest absolute Gasteiger partial charge is 0.176 e. The Morgan fingerprint density at radius 1 is 1.27 bits per heavy atom. The van der Waals surface area contributed by atoms with E-state index in [4.69, 9.17) is 22.4 Å². The Morgan fingerprint density at radius 2 is 1.80 bits per heavy atom. The van der Waals surface area contributed by atoms with Crippen molar-refractivity contribution in [2.75, 3.05) is 6.61 Å². The van der Waals surface area contributed by atoms with Gasteiger partial charge in [-0.1, -0.05) is 11.6 Å². The van der Waals surface area contributed by atoms with Crippen LogP contribution in [0.15, 0.2) is 4.47 Å². The zero-order valence-electron chi connectivity index (χ0n) is 7.20. The Bertz CT molecular complexity index is 373. The molecule has 0 fully saturated rings. The molecule has 1 aromatic rings. The monoisotopic (exact) mass is 303 g/mol. The van der Waals surface area contributed by atoms with E-state index in [2.05, 4.69) is 15.9 Å². The topological polar surface area (TPSA) is 46.2 Å². The second kappa shape index (κ2) is 4.69. The Hall–Kier alpha value is -0.300. The maximum Gasteiger partial charge on any atom is 0.176 e. The second-order valence-corrected chi connectivity index (χ2v) is 3.94. The number of aliphatic hydroxyl groups is 1. The summed E-state index contributed by atoms with van der Waals surface area (Å²) in [6.07, 6.45) is 0. The van der Waals surface area contributed by atoms with Crippen LogP contribution in [0.25, 0.3) is 0 Å². The highest BCUT2D eigenvalue weighted by Crippen LogP contribution is 2.34. The van der Waals surface area contributed by atoms with E-state index in [1.54, 1.807) is 0 Å². The molecular weight excluding hydrogens is 298 g/mol. The van der Waals surface area contributed by atoms with E-state index < -0.39 is 45.2 Å². The summed E-state index contributed by atoms with van der Waals surface area (Å²) in [6, 6.07) is -1.27. The molecule has 0 saturated heterocycles. The first-order valence-electron chi connectivity index (χ1n) is 3.79. The quantitative estimate of drug-likeness (QED) is 0.651. The molecule has 84 valence electrons. The largest absolute Gasteiger partial charge is 0.394 e. The summed E-state index contributed by atoms with van der Waals surface area (Å²) in [5, 5.41) is 8.04. The maximum absolute atomic E-state index is 13.3. The average Bonchev–Trinajstić information content (AvgIpc) is 2.23. The highest BCUT2D eigenvalue weighted by molar-refractivity contribution is 9.10. The van der Waals surface area contributed by atoms with Crippen LogP contribution in [0.2, 0.25) is 5.02 Å². The number of hydrogen-bond donors (Lipinski definition) is 2. The molecule has 3 N–H and O–H groups in total. The first-order valence-corrected chi connectivity index (χ1v) is 4.96. The van der Waals surface area contributed by atoms with Crippen LogP contribution in [0.1, 0.15) is 11.6 Å². The van der Waals surface area contributed by atoms with Gasteiger partial charge >= 0.3 is 0 Å². The van der Waals surface area contributed by atoms with Crippen molar-refractivity contribution in [3.05, 3.63) is 32.5 Å². The summed E-state index contributed by atoms with van der Waals surface area (Å²) >= 11 is 7.95. The molecule has 0 aliphatic rings. The molecule has 0 aromatic heterocycles. The number of aliphatic hydroxyl groups excluding tert-OH is 1. The van der Waals surface area contributed by atoms with Gasteiger partial charge in [-0.05, 0) is 15.9 Å². The van der Waals surface area contributed by atoms with E-state index in [9.17, 15) is 13.2 Å². The Kier molecular flexibility index (Phi) is 3.99. The highest BCUT2D eigenvalue weighted by Gasteiger charge is 2.25. The van der Waals surface area contributed by atoms with Crippen molar-refractivity contribution in [2.24, 2.45) is 5.73 Å². The minimum atomic E-state index is -1.42. The molecule has 0 aliphatic carbocycles. The number of nitrogens with two attached hydrogens (primary N) is 1. The lowest BCUT2D eigenvalue weighted by Gasteiger charge is -2.14. The second-order valence-electron chi connectivity index (χ2n) is 2.77. The molecule has 0 radical (unpaired) electrons. The van der Waals surface area contributed by atoms with E-state index in [-0.39, 0.29) is 0 Å². The van der Waals surface area contributed by atoms with Gasteiger partial charge < -0.3 is 10.8 Å². The van der Waals surface area contributed by atoms with Gasteiger partial charge in [0.05, 0.1) is 22.1 Å². The Balaban J connectivity index is 3.52. The van der Waals surface area contributed by atoms with E-state index in [0.717, 1.165) is 0 Å². The Labute approximate surface area is 97.0 Å². The van der Waals surface area contributed by atoms with Crippen LogP contribution in [0.5, 0.6) is 0 Å². The summed E-state index contributed by atoms with van der Waals surface area (Å²) in [5.41, 5.74) is 4.69. The molecule has 7 heteroatoms. The molecule has 2 nitrogen and oxygen atoms in total. The normalized spacial score (nSPS) is 13.0. The van der Waals surface area contributed by atoms with Gasteiger partial charge in [-0.15, -0.1) is 0 Å². The standard InChI is InChI=1S/C8H6BrClF3NO/c9-4-7(12)5(10)3(2(14)1-15)6(11)8(4)13/h2,15H,1,14H2. The zero-order chi connectivity index (χ0) is 11.7. The van der Waals surface area contributed by atoms with E-state index in [0.29, 0.717) is 0 Å². The van der Waals surface area contributed by atoms with Crippen LogP contribution in [0.3, 0.4) is 0 Å². The van der Waals surface area contributed by atoms with Crippen LogP contribution < -0.4 is 5.73 Å². The summed E-state index contributed by atoms with van der Waals surface area (Å²) in [6.45, 7) is -0.669. The maximum atomic E-state index is 13.3. The number of hydrogen-bond acceptors (Lipinski definition) is 2. The first kappa shape index (κ1) is 12.8. The lowest BCUT2D eigenvalue weighted by molar-refractivity contribution is 0.264. The van der Waals surface area contributed by atoms with Crippen LogP contribution in [-0.2, 0) is 0 Å². The van der Waals surface area contributed by atoms with E-state index >= 15 is 0 Å². The van der Waals surface area contributed by atoms with Crippen molar-refractivity contribution in [3.8, 4) is 0 Å². The lowest BCUT2D eigenvalue weighted by Crippen LogP contribution is -2.18. The summed E-state index contributed by atoms with van der Waals surface area (Å²) in [7, 11) is 0. The van der Waals surface area contributed by atoms with Crippen LogP contribution in [0.4, 0.5) is 13.2 Å². The van der Waals surface area contributed by atoms with E-state index in [1.165, 1.54) is 0 Å². The zero-order valence-corrected chi connectivity index (χ0v) is 9.54. The molecule has 1 aromatic carbocycles. The fourth-order valence-corrected chi connectivity index (χ4v) is 1.84. The summed E-state index contributed by atoms with van der Waals surface area (Å²) in [4.78, 5) is 0. The van der Waals surface area contributed by atoms with E-state index in [1.807, 2.05) is 0 Å². The average molecular weight is 304 g/mol. The molecule has 0 saturated carbocycles. The third-order valence-corrected chi connectivity index (χ3v) is 2.88. The van der Waals surface area contributed by atoms with Gasteiger partial charge in [0.25, 0.3) is 0 Å². The molecular formula is C8H6BrClF3NO. The fraction of sp³-hybridized carbons (Fsp3) is 0.250. The van der Waals surface area contributed by atoms with Crippen LogP contribution in [0, 0.1) is 17.5 Å². The molecule has 0 spiro atoms. The highest BCUT2D eigenvalue weighted by atomic mass is 79.9. The van der Waals surface area contributed by atoms with Gasteiger partial charge in [0.2, 0.25) is 0 Å².